The first-order chi connectivity index (χ1) is 15.3. The molecule has 33 heavy (non-hydrogen) atoms. The van der Waals surface area contributed by atoms with E-state index in [1.165, 1.54) is 12.1 Å². The Balaban J connectivity index is 2.30. The Morgan fingerprint density at radius 3 is 2.03 bits per heavy atom. The molecule has 0 aromatic heterocycles. The van der Waals surface area contributed by atoms with Gasteiger partial charge in [0.25, 0.3) is 0 Å². The van der Waals surface area contributed by atoms with Gasteiger partial charge < -0.3 is 18.9 Å². The van der Waals surface area contributed by atoms with Gasteiger partial charge >= 0.3 is 24.0 Å². The first kappa shape index (κ1) is 24.2. The Hall–Kier alpha value is -3.43. The molecule has 2 amide bonds. The van der Waals surface area contributed by atoms with Crippen LogP contribution in [0.3, 0.4) is 0 Å². The zero-order valence-electron chi connectivity index (χ0n) is 19.6. The van der Waals surface area contributed by atoms with Crippen LogP contribution in [0.25, 0.3) is 0 Å². The maximum absolute atomic E-state index is 13.9. The highest BCUT2D eigenvalue weighted by atomic mass is 16.6. The van der Waals surface area contributed by atoms with Crippen molar-refractivity contribution in [3.63, 3.8) is 0 Å². The number of ether oxygens (including phenoxy) is 4. The Morgan fingerprint density at radius 1 is 1.00 bits per heavy atom. The summed E-state index contributed by atoms with van der Waals surface area (Å²) in [6, 6.07) is 6.08. The lowest BCUT2D eigenvalue weighted by atomic mass is 9.86. The number of nitrogens with zero attached hydrogens (tertiary/aromatic N) is 1. The monoisotopic (exact) mass is 461 g/mol. The molecular weight excluding hydrogens is 434 g/mol. The van der Waals surface area contributed by atoms with Crippen LogP contribution < -0.4 is 4.90 Å². The molecule has 0 radical (unpaired) electrons. The number of rotatable bonds is 4. The number of para-hydroxylation sites is 1. The molecule has 1 aliphatic carbocycles. The standard InChI is InChI=1S/C23H27NO9/c1-12(2)32-16(25)15-22(23(15,18(27)30-6)19(28)31-7)13-10-8-9-11-14(13)24(17(22)26)20(29)33-21(3,4)5/h8-12,15H,1-7H3. The van der Waals surface area contributed by atoms with E-state index >= 15 is 0 Å². The van der Waals surface area contributed by atoms with Gasteiger partial charge in [0, 0.05) is 0 Å². The molecule has 3 rings (SSSR count). The number of hydrogen-bond acceptors (Lipinski definition) is 9. The molecule has 1 saturated carbocycles. The zero-order valence-corrected chi connectivity index (χ0v) is 19.6. The van der Waals surface area contributed by atoms with Crippen LogP contribution in [0.5, 0.6) is 0 Å². The number of esters is 3. The van der Waals surface area contributed by atoms with Crippen molar-refractivity contribution < 1.29 is 42.9 Å². The molecule has 0 bridgehead atoms. The van der Waals surface area contributed by atoms with Crippen molar-refractivity contribution in [2.45, 2.75) is 51.7 Å². The van der Waals surface area contributed by atoms with Crippen LogP contribution in [-0.4, -0.2) is 55.8 Å². The summed E-state index contributed by atoms with van der Waals surface area (Å²) < 4.78 is 20.4. The highest BCUT2D eigenvalue weighted by Crippen LogP contribution is 2.75. The number of carbonyl (C=O) groups is 5. The van der Waals surface area contributed by atoms with E-state index in [1.54, 1.807) is 46.8 Å². The summed E-state index contributed by atoms with van der Waals surface area (Å²) in [7, 11) is 2.06. The van der Waals surface area contributed by atoms with E-state index < -0.39 is 58.4 Å². The van der Waals surface area contributed by atoms with Crippen LogP contribution in [0.15, 0.2) is 24.3 Å². The smallest absolute Gasteiger partial charge is 0.421 e. The summed E-state index contributed by atoms with van der Waals surface area (Å²) in [6.45, 7) is 8.05. The normalized spacial score (nSPS) is 22.6. The molecule has 1 aliphatic heterocycles. The van der Waals surface area contributed by atoms with Gasteiger partial charge in [0.15, 0.2) is 5.41 Å². The van der Waals surface area contributed by atoms with Crippen molar-refractivity contribution >= 4 is 35.6 Å². The molecule has 10 nitrogen and oxygen atoms in total. The highest BCUT2D eigenvalue weighted by molar-refractivity contribution is 6.31. The minimum absolute atomic E-state index is 0.0915. The molecule has 1 aromatic rings. The van der Waals surface area contributed by atoms with Crippen LogP contribution in [0.1, 0.15) is 40.2 Å². The summed E-state index contributed by atoms with van der Waals surface area (Å²) >= 11 is 0. The second-order valence-corrected chi connectivity index (χ2v) is 9.16. The minimum atomic E-state index is -2.37. The van der Waals surface area contributed by atoms with Gasteiger partial charge in [-0.05, 0) is 46.2 Å². The third kappa shape index (κ3) is 3.19. The van der Waals surface area contributed by atoms with E-state index in [-0.39, 0.29) is 11.3 Å². The van der Waals surface area contributed by atoms with Crippen molar-refractivity contribution in [2.24, 2.45) is 11.3 Å². The quantitative estimate of drug-likeness (QED) is 0.376. The molecule has 0 saturated heterocycles. The molecule has 178 valence electrons. The second kappa shape index (κ2) is 7.86. The van der Waals surface area contributed by atoms with Gasteiger partial charge in [-0.1, -0.05) is 18.2 Å². The Morgan fingerprint density at radius 2 is 1.55 bits per heavy atom. The summed E-state index contributed by atoms with van der Waals surface area (Å²) in [5, 5.41) is 0. The Labute approximate surface area is 191 Å². The third-order valence-corrected chi connectivity index (χ3v) is 5.69. The summed E-state index contributed by atoms with van der Waals surface area (Å²) in [5.41, 5.74) is -5.18. The first-order valence-corrected chi connectivity index (χ1v) is 10.4. The number of fused-ring (bicyclic) bond motifs is 2. The van der Waals surface area contributed by atoms with E-state index in [0.717, 1.165) is 19.1 Å². The molecule has 0 N–H and O–H groups in total. The maximum atomic E-state index is 13.9. The van der Waals surface area contributed by atoms with E-state index in [1.807, 2.05) is 0 Å². The SMILES string of the molecule is COC(=O)C1(C(=O)OC)C(C(=O)OC(C)C)C12C(=O)N(C(=O)OC(C)(C)C)c1ccccc12. The molecule has 2 aliphatic rings. The van der Waals surface area contributed by atoms with Crippen LogP contribution in [0.2, 0.25) is 0 Å². The minimum Gasteiger partial charge on any atom is -0.468 e. The second-order valence-electron chi connectivity index (χ2n) is 9.16. The fourth-order valence-electron chi connectivity index (χ4n) is 4.64. The highest BCUT2D eigenvalue weighted by Gasteiger charge is 2.95. The lowest BCUT2D eigenvalue weighted by molar-refractivity contribution is -0.167. The fraction of sp³-hybridized carbons (Fsp3) is 0.522. The summed E-state index contributed by atoms with van der Waals surface area (Å²) in [4.78, 5) is 67.1. The number of amides is 2. The van der Waals surface area contributed by atoms with Crippen molar-refractivity contribution in [1.29, 1.82) is 0 Å². The van der Waals surface area contributed by atoms with Crippen LogP contribution in [0, 0.1) is 11.3 Å². The Kier molecular flexibility index (Phi) is 5.77. The molecule has 2 unspecified atom stereocenters. The predicted molar refractivity (Wildman–Crippen MR) is 113 cm³/mol. The number of carbonyl (C=O) groups excluding carboxylic acids is 5. The van der Waals surface area contributed by atoms with Gasteiger partial charge in [-0.2, -0.15) is 0 Å². The van der Waals surface area contributed by atoms with Crippen molar-refractivity contribution in [3.05, 3.63) is 29.8 Å². The molecule has 1 spiro atoms. The van der Waals surface area contributed by atoms with Gasteiger partial charge in [-0.3, -0.25) is 19.2 Å². The number of methoxy groups -OCH3 is 2. The van der Waals surface area contributed by atoms with Crippen molar-refractivity contribution in [2.75, 3.05) is 19.1 Å². The number of imide groups is 1. The molecule has 2 atom stereocenters. The van der Waals surface area contributed by atoms with Crippen LogP contribution >= 0.6 is 0 Å². The van der Waals surface area contributed by atoms with Gasteiger partial charge in [-0.15, -0.1) is 0 Å². The number of benzene rings is 1. The molecule has 1 heterocycles. The predicted octanol–water partition coefficient (Wildman–Crippen LogP) is 2.12. The first-order valence-electron chi connectivity index (χ1n) is 10.4. The van der Waals surface area contributed by atoms with Crippen molar-refractivity contribution in [1.82, 2.24) is 0 Å². The molecule has 1 aromatic carbocycles. The van der Waals surface area contributed by atoms with Gasteiger partial charge in [0.05, 0.1) is 26.0 Å². The number of hydrogen-bond donors (Lipinski definition) is 0. The van der Waals surface area contributed by atoms with Crippen LogP contribution in [-0.2, 0) is 43.5 Å². The van der Waals surface area contributed by atoms with Gasteiger partial charge in [0.1, 0.15) is 16.9 Å². The average Bonchev–Trinajstić information content (AvgIpc) is 3.29. The fourth-order valence-corrected chi connectivity index (χ4v) is 4.64. The lowest BCUT2D eigenvalue weighted by Gasteiger charge is -2.24. The Bertz CT molecular complexity index is 1020. The lowest BCUT2D eigenvalue weighted by Crippen LogP contribution is -2.45. The topological polar surface area (TPSA) is 126 Å². The van der Waals surface area contributed by atoms with Gasteiger partial charge in [0.2, 0.25) is 5.91 Å². The zero-order chi connectivity index (χ0) is 24.9. The molecule has 10 heteroatoms. The number of anilines is 1. The maximum Gasteiger partial charge on any atom is 0.421 e. The molecule has 1 fully saturated rings. The molecular formula is C23H27NO9. The van der Waals surface area contributed by atoms with E-state index in [0.29, 0.717) is 0 Å². The van der Waals surface area contributed by atoms with E-state index in [4.69, 9.17) is 18.9 Å². The average molecular weight is 461 g/mol. The van der Waals surface area contributed by atoms with Gasteiger partial charge in [-0.25, -0.2) is 9.69 Å². The van der Waals surface area contributed by atoms with E-state index in [2.05, 4.69) is 0 Å². The van der Waals surface area contributed by atoms with Crippen LogP contribution in [0.4, 0.5) is 10.5 Å². The van der Waals surface area contributed by atoms with E-state index in [9.17, 15) is 24.0 Å². The third-order valence-electron chi connectivity index (χ3n) is 5.69. The van der Waals surface area contributed by atoms with Crippen molar-refractivity contribution in [3.8, 4) is 0 Å². The summed E-state index contributed by atoms with van der Waals surface area (Å²) in [5.74, 6) is -5.83. The largest absolute Gasteiger partial charge is 0.468 e. The summed E-state index contributed by atoms with van der Waals surface area (Å²) in [6.07, 6.45) is -1.61.